The first-order valence-corrected chi connectivity index (χ1v) is 14.2. The summed E-state index contributed by atoms with van der Waals surface area (Å²) in [4.78, 5) is 25.3. The van der Waals surface area contributed by atoms with Gasteiger partial charge < -0.3 is 15.3 Å². The summed E-state index contributed by atoms with van der Waals surface area (Å²) in [6.45, 7) is 2.41. The van der Waals surface area contributed by atoms with Crippen LogP contribution in [0.4, 0.5) is 13.2 Å². The second-order valence-corrected chi connectivity index (χ2v) is 10.8. The third-order valence-electron chi connectivity index (χ3n) is 6.81. The molecule has 0 fully saturated rings. The maximum atomic E-state index is 14.0. The highest BCUT2D eigenvalue weighted by molar-refractivity contribution is 7.98. The predicted molar refractivity (Wildman–Crippen MR) is 154 cm³/mol. The van der Waals surface area contributed by atoms with Crippen LogP contribution in [0.25, 0.3) is 5.69 Å². The second kappa shape index (κ2) is 12.4. The maximum absolute atomic E-state index is 14.0. The Morgan fingerprint density at radius 3 is 2.66 bits per heavy atom. The van der Waals surface area contributed by atoms with E-state index in [1.54, 1.807) is 11.5 Å². The number of hydrogen-bond donors (Lipinski definition) is 2. The van der Waals surface area contributed by atoms with E-state index in [1.165, 1.54) is 17.8 Å². The van der Waals surface area contributed by atoms with E-state index in [4.69, 9.17) is 4.98 Å². The van der Waals surface area contributed by atoms with Crippen molar-refractivity contribution in [3.63, 3.8) is 0 Å². The summed E-state index contributed by atoms with van der Waals surface area (Å²) in [5, 5.41) is 13.2. The van der Waals surface area contributed by atoms with E-state index in [9.17, 15) is 23.1 Å². The van der Waals surface area contributed by atoms with Crippen molar-refractivity contribution in [1.82, 2.24) is 19.8 Å². The molecule has 3 aromatic rings. The van der Waals surface area contributed by atoms with Gasteiger partial charge >= 0.3 is 6.18 Å². The molecule has 1 unspecified atom stereocenters. The van der Waals surface area contributed by atoms with E-state index >= 15 is 0 Å². The van der Waals surface area contributed by atoms with Crippen molar-refractivity contribution in [2.75, 3.05) is 13.1 Å². The van der Waals surface area contributed by atoms with Crippen molar-refractivity contribution in [3.8, 4) is 5.69 Å². The van der Waals surface area contributed by atoms with Gasteiger partial charge in [-0.25, -0.2) is 9.98 Å². The lowest BCUT2D eigenvalue weighted by Gasteiger charge is -2.32. The van der Waals surface area contributed by atoms with E-state index in [-0.39, 0.29) is 25.3 Å². The first-order chi connectivity index (χ1) is 19.7. The second-order valence-electron chi connectivity index (χ2n) is 9.85. The minimum atomic E-state index is -4.45. The smallest absolute Gasteiger partial charge is 0.392 e. The molecule has 1 atom stereocenters. The number of allylic oxidation sites excluding steroid dienone is 2. The number of rotatable bonds is 5. The zero-order valence-corrected chi connectivity index (χ0v) is 23.3. The molecule has 0 spiro atoms. The van der Waals surface area contributed by atoms with Crippen molar-refractivity contribution >= 4 is 17.7 Å². The Morgan fingerprint density at radius 1 is 1.12 bits per heavy atom. The number of fused-ring (bicyclic) bond motifs is 1. The standard InChI is InChI=1S/C30H30F3N5O2S/c1-20-15-23(30(31,32)33)9-6-13-34-28(35-20)37-14-12-26-25(17-37)27(40)38(24-10-3-2-4-11-24)29(36-26)41-19-22-8-5-7-21(16-22)18-39/h2-11,15-16,20,39H,12-14,17-19H2,1H3,(H,34,35)/b9-6-,23-15+. The first kappa shape index (κ1) is 28.7. The summed E-state index contributed by atoms with van der Waals surface area (Å²) in [5.41, 5.74) is 2.85. The van der Waals surface area contributed by atoms with Gasteiger partial charge in [0.05, 0.1) is 42.2 Å². The quantitative estimate of drug-likeness (QED) is 0.334. The number of alkyl halides is 3. The molecule has 0 saturated heterocycles. The van der Waals surface area contributed by atoms with E-state index in [0.29, 0.717) is 46.8 Å². The third kappa shape index (κ3) is 6.74. The number of halogens is 3. The van der Waals surface area contributed by atoms with Gasteiger partial charge in [-0.3, -0.25) is 9.36 Å². The van der Waals surface area contributed by atoms with Crippen LogP contribution in [-0.2, 0) is 25.3 Å². The number of aliphatic hydroxyl groups is 1. The number of nitrogens with one attached hydrogen (secondary N) is 1. The molecule has 41 heavy (non-hydrogen) atoms. The van der Waals surface area contributed by atoms with E-state index in [1.807, 2.05) is 59.5 Å². The largest absolute Gasteiger partial charge is 0.416 e. The van der Waals surface area contributed by atoms with Crippen LogP contribution in [0.3, 0.4) is 0 Å². The lowest BCUT2D eigenvalue weighted by atomic mass is 10.1. The van der Waals surface area contributed by atoms with Gasteiger partial charge in [-0.05, 0) is 30.2 Å². The number of aliphatic hydroxyl groups excluding tert-OH is 1. The maximum Gasteiger partial charge on any atom is 0.416 e. The Balaban J connectivity index is 1.45. The number of hydrogen-bond acceptors (Lipinski definition) is 7. The molecule has 0 saturated carbocycles. The number of guanidine groups is 1. The predicted octanol–water partition coefficient (Wildman–Crippen LogP) is 4.77. The minimum absolute atomic E-state index is 0.0458. The lowest BCUT2D eigenvalue weighted by Crippen LogP contribution is -2.48. The van der Waals surface area contributed by atoms with Gasteiger partial charge in [-0.2, -0.15) is 13.2 Å². The summed E-state index contributed by atoms with van der Waals surface area (Å²) in [7, 11) is 0. The van der Waals surface area contributed by atoms with Crippen molar-refractivity contribution in [3.05, 3.63) is 111 Å². The van der Waals surface area contributed by atoms with Crippen LogP contribution in [-0.4, -0.2) is 50.8 Å². The van der Waals surface area contributed by atoms with Crippen molar-refractivity contribution in [2.24, 2.45) is 4.99 Å². The van der Waals surface area contributed by atoms with Gasteiger partial charge in [0.25, 0.3) is 5.56 Å². The Labute approximate surface area is 240 Å². The van der Waals surface area contributed by atoms with Crippen LogP contribution < -0.4 is 10.9 Å². The highest BCUT2D eigenvalue weighted by Crippen LogP contribution is 2.28. The number of nitrogens with zero attached hydrogens (tertiary/aromatic N) is 4. The summed E-state index contributed by atoms with van der Waals surface area (Å²) in [6, 6.07) is 16.3. The molecule has 1 aromatic heterocycles. The molecule has 0 aliphatic carbocycles. The highest BCUT2D eigenvalue weighted by atomic mass is 32.2. The van der Waals surface area contributed by atoms with Crippen LogP contribution in [0, 0.1) is 0 Å². The summed E-state index contributed by atoms with van der Waals surface area (Å²) in [6.07, 6.45) is -0.383. The molecule has 2 aliphatic rings. The third-order valence-corrected chi connectivity index (χ3v) is 7.82. The molecule has 2 aliphatic heterocycles. The zero-order chi connectivity index (χ0) is 29.0. The monoisotopic (exact) mass is 581 g/mol. The molecule has 214 valence electrons. The number of benzene rings is 2. The average Bonchev–Trinajstić information content (AvgIpc) is 3.06. The number of aliphatic imine (C=N–C) groups is 1. The average molecular weight is 582 g/mol. The van der Waals surface area contributed by atoms with Gasteiger partial charge in [0.1, 0.15) is 0 Å². The van der Waals surface area contributed by atoms with E-state index < -0.39 is 17.8 Å². The molecule has 2 N–H and O–H groups in total. The highest BCUT2D eigenvalue weighted by Gasteiger charge is 2.33. The summed E-state index contributed by atoms with van der Waals surface area (Å²) >= 11 is 1.45. The molecule has 3 heterocycles. The Hall–Kier alpha value is -3.83. The van der Waals surface area contributed by atoms with Crippen LogP contribution in [0.5, 0.6) is 0 Å². The molecule has 5 rings (SSSR count). The van der Waals surface area contributed by atoms with Crippen molar-refractivity contribution < 1.29 is 18.3 Å². The van der Waals surface area contributed by atoms with E-state index in [2.05, 4.69) is 10.3 Å². The van der Waals surface area contributed by atoms with Crippen LogP contribution >= 0.6 is 11.8 Å². The lowest BCUT2D eigenvalue weighted by molar-refractivity contribution is -0.0885. The molecule has 2 aromatic carbocycles. The van der Waals surface area contributed by atoms with Gasteiger partial charge in [0.15, 0.2) is 11.1 Å². The van der Waals surface area contributed by atoms with E-state index in [0.717, 1.165) is 23.3 Å². The summed E-state index contributed by atoms with van der Waals surface area (Å²) in [5.74, 6) is 1.01. The molecular weight excluding hydrogens is 551 g/mol. The normalized spacial score (nSPS) is 19.5. The molecule has 0 bridgehead atoms. The van der Waals surface area contributed by atoms with Crippen molar-refractivity contribution in [2.45, 2.75) is 49.6 Å². The fraction of sp³-hybridized carbons (Fsp3) is 0.300. The first-order valence-electron chi connectivity index (χ1n) is 13.3. The summed E-state index contributed by atoms with van der Waals surface area (Å²) < 4.78 is 41.7. The van der Waals surface area contributed by atoms with Crippen molar-refractivity contribution in [1.29, 1.82) is 0 Å². The molecule has 7 nitrogen and oxygen atoms in total. The Kier molecular flexibility index (Phi) is 8.65. The van der Waals surface area contributed by atoms with Gasteiger partial charge in [0.2, 0.25) is 0 Å². The van der Waals surface area contributed by atoms with Gasteiger partial charge in [0, 0.05) is 24.8 Å². The Morgan fingerprint density at radius 2 is 1.90 bits per heavy atom. The number of aromatic nitrogens is 2. The number of thioether (sulfide) groups is 1. The molecule has 0 radical (unpaired) electrons. The molecular formula is C30H30F3N5O2S. The minimum Gasteiger partial charge on any atom is -0.392 e. The fourth-order valence-electron chi connectivity index (χ4n) is 4.82. The molecule has 0 amide bonds. The molecule has 11 heteroatoms. The Bertz CT molecular complexity index is 1550. The van der Waals surface area contributed by atoms with Gasteiger partial charge in [-0.15, -0.1) is 0 Å². The fourth-order valence-corrected chi connectivity index (χ4v) is 5.79. The van der Waals surface area contributed by atoms with Crippen LogP contribution in [0.1, 0.15) is 29.3 Å². The number of para-hydroxylation sites is 1. The van der Waals surface area contributed by atoms with Crippen LogP contribution in [0.2, 0.25) is 0 Å². The SMILES string of the molecule is CC1/C=C(C(F)(F)F)\C=C/CN=C(N2CCc3nc(SCc4cccc(CO)c4)n(-c4ccccc4)c(=O)c3C2)N1. The zero-order valence-electron chi connectivity index (χ0n) is 22.4. The van der Waals surface area contributed by atoms with Gasteiger partial charge in [-0.1, -0.05) is 72.5 Å². The van der Waals surface area contributed by atoms with Crippen LogP contribution in [0.15, 0.2) is 93.3 Å². The topological polar surface area (TPSA) is 82.8 Å².